The first-order valence-corrected chi connectivity index (χ1v) is 12.5. The van der Waals surface area contributed by atoms with Gasteiger partial charge in [-0.05, 0) is 92.6 Å². The molecule has 2 aliphatic heterocycles. The summed E-state index contributed by atoms with van der Waals surface area (Å²) in [5.41, 5.74) is 4.88. The molecule has 0 bridgehead atoms. The molecule has 2 aromatic carbocycles. The summed E-state index contributed by atoms with van der Waals surface area (Å²) >= 11 is 5.98. The topological polar surface area (TPSA) is 55.8 Å². The summed E-state index contributed by atoms with van der Waals surface area (Å²) in [6, 6.07) is 13.5. The standard InChI is InChI=1S/C27H32ClN3O2/c28-24-8-6-23(7-9-24)27(33)11-15-31(16-12-27)26(32)29-25-10-5-21-17-20(3-4-22(21)18-25)19-30-13-1-2-14-30/h5-10,17-18,33H,1-4,11-16,19H2,(H,29,32). The van der Waals surface area contributed by atoms with Crippen molar-refractivity contribution in [1.82, 2.24) is 9.80 Å². The van der Waals surface area contributed by atoms with Crippen LogP contribution in [0, 0.1) is 0 Å². The van der Waals surface area contributed by atoms with Gasteiger partial charge in [-0.3, -0.25) is 4.90 Å². The molecule has 2 fully saturated rings. The van der Waals surface area contributed by atoms with Crippen molar-refractivity contribution < 1.29 is 9.90 Å². The highest BCUT2D eigenvalue weighted by molar-refractivity contribution is 6.30. The first kappa shape index (κ1) is 22.5. The van der Waals surface area contributed by atoms with Gasteiger partial charge in [0.1, 0.15) is 0 Å². The molecule has 5 nitrogen and oxygen atoms in total. The van der Waals surface area contributed by atoms with E-state index in [1.807, 2.05) is 18.2 Å². The Morgan fingerprint density at radius 1 is 1.00 bits per heavy atom. The van der Waals surface area contributed by atoms with Crippen LogP contribution in [-0.4, -0.2) is 53.7 Å². The number of carbonyl (C=O) groups is 1. The van der Waals surface area contributed by atoms with Crippen LogP contribution in [0.2, 0.25) is 5.02 Å². The molecule has 0 saturated carbocycles. The Hall–Kier alpha value is -2.34. The van der Waals surface area contributed by atoms with E-state index in [1.54, 1.807) is 17.0 Å². The van der Waals surface area contributed by atoms with Gasteiger partial charge < -0.3 is 15.3 Å². The summed E-state index contributed by atoms with van der Waals surface area (Å²) in [5.74, 6) is 0. The second kappa shape index (κ2) is 9.49. The Balaban J connectivity index is 1.18. The van der Waals surface area contributed by atoms with E-state index in [0.29, 0.717) is 31.0 Å². The molecule has 1 aliphatic carbocycles. The Bertz CT molecular complexity index is 1040. The Morgan fingerprint density at radius 2 is 1.73 bits per heavy atom. The van der Waals surface area contributed by atoms with E-state index in [4.69, 9.17) is 11.6 Å². The van der Waals surface area contributed by atoms with Gasteiger partial charge in [0.15, 0.2) is 0 Å². The van der Waals surface area contributed by atoms with Crippen LogP contribution in [0.15, 0.2) is 48.0 Å². The number of fused-ring (bicyclic) bond motifs is 1. The van der Waals surface area contributed by atoms with Crippen LogP contribution in [0.3, 0.4) is 0 Å². The lowest BCUT2D eigenvalue weighted by Gasteiger charge is -2.38. The number of urea groups is 1. The zero-order valence-electron chi connectivity index (χ0n) is 19.0. The molecule has 5 rings (SSSR count). The quantitative estimate of drug-likeness (QED) is 0.645. The summed E-state index contributed by atoms with van der Waals surface area (Å²) in [6.07, 6.45) is 8.13. The van der Waals surface area contributed by atoms with Crippen LogP contribution in [0.5, 0.6) is 0 Å². The van der Waals surface area contributed by atoms with Crippen LogP contribution < -0.4 is 5.32 Å². The van der Waals surface area contributed by atoms with Gasteiger partial charge >= 0.3 is 6.03 Å². The van der Waals surface area contributed by atoms with Crippen LogP contribution in [0.4, 0.5) is 10.5 Å². The van der Waals surface area contributed by atoms with Crippen molar-refractivity contribution in [3.8, 4) is 0 Å². The highest BCUT2D eigenvalue weighted by Crippen LogP contribution is 2.34. The highest BCUT2D eigenvalue weighted by Gasteiger charge is 2.35. The molecule has 6 heteroatoms. The SMILES string of the molecule is O=C(Nc1ccc2c(c1)CCC(CN1CCCC1)=C2)N1CCC(O)(c2ccc(Cl)cc2)CC1. The Labute approximate surface area is 201 Å². The van der Waals surface area contributed by atoms with Crippen molar-refractivity contribution in [3.63, 3.8) is 0 Å². The fourth-order valence-electron chi connectivity index (χ4n) is 5.31. The number of hydrogen-bond acceptors (Lipinski definition) is 3. The lowest BCUT2D eigenvalue weighted by molar-refractivity contribution is -0.0156. The first-order valence-electron chi connectivity index (χ1n) is 12.1. The molecule has 33 heavy (non-hydrogen) atoms. The second-order valence-electron chi connectivity index (χ2n) is 9.66. The van der Waals surface area contributed by atoms with Gasteiger partial charge in [0.05, 0.1) is 5.60 Å². The van der Waals surface area contributed by atoms with Gasteiger partial charge in [-0.2, -0.15) is 0 Å². The molecule has 0 radical (unpaired) electrons. The van der Waals surface area contributed by atoms with Gasteiger partial charge in [0.25, 0.3) is 0 Å². The molecule has 2 saturated heterocycles. The van der Waals surface area contributed by atoms with E-state index in [9.17, 15) is 9.90 Å². The van der Waals surface area contributed by atoms with E-state index in [2.05, 4.69) is 28.4 Å². The van der Waals surface area contributed by atoms with Gasteiger partial charge in [0, 0.05) is 30.3 Å². The zero-order valence-corrected chi connectivity index (χ0v) is 19.8. The second-order valence-corrected chi connectivity index (χ2v) is 10.1. The summed E-state index contributed by atoms with van der Waals surface area (Å²) in [6.45, 7) is 4.57. The summed E-state index contributed by atoms with van der Waals surface area (Å²) in [5, 5.41) is 14.8. The molecule has 0 unspecified atom stereocenters. The number of carbonyl (C=O) groups excluding carboxylic acids is 1. The maximum Gasteiger partial charge on any atom is 0.321 e. The first-order chi connectivity index (χ1) is 16.0. The Kier molecular flexibility index (Phi) is 6.46. The van der Waals surface area contributed by atoms with Crippen LogP contribution in [0.25, 0.3) is 6.08 Å². The molecule has 2 amide bonds. The van der Waals surface area contributed by atoms with E-state index in [-0.39, 0.29) is 6.03 Å². The van der Waals surface area contributed by atoms with Crippen molar-refractivity contribution >= 4 is 29.4 Å². The molecule has 174 valence electrons. The van der Waals surface area contributed by atoms with E-state index in [0.717, 1.165) is 30.6 Å². The van der Waals surface area contributed by atoms with Crippen molar-refractivity contribution in [1.29, 1.82) is 0 Å². The third-order valence-electron chi connectivity index (χ3n) is 7.35. The van der Waals surface area contributed by atoms with E-state index < -0.39 is 5.60 Å². The minimum Gasteiger partial charge on any atom is -0.385 e. The molecule has 2 heterocycles. The molecular weight excluding hydrogens is 434 g/mol. The van der Waals surface area contributed by atoms with Gasteiger partial charge in [-0.15, -0.1) is 0 Å². The minimum absolute atomic E-state index is 0.103. The van der Waals surface area contributed by atoms with Gasteiger partial charge in [-0.1, -0.05) is 41.4 Å². The molecule has 2 aromatic rings. The number of benzene rings is 2. The number of aliphatic hydroxyl groups is 1. The minimum atomic E-state index is -0.910. The van der Waals surface area contributed by atoms with Crippen LogP contribution in [0.1, 0.15) is 48.8 Å². The highest BCUT2D eigenvalue weighted by atomic mass is 35.5. The monoisotopic (exact) mass is 465 g/mol. The third-order valence-corrected chi connectivity index (χ3v) is 7.61. The normalized spacial score (nSPS) is 20.3. The number of likely N-dealkylation sites (tertiary alicyclic amines) is 2. The molecule has 3 aliphatic rings. The number of hydrogen-bond donors (Lipinski definition) is 2. The van der Waals surface area contributed by atoms with Crippen LogP contribution in [-0.2, 0) is 12.0 Å². The number of piperidine rings is 1. The number of aryl methyl sites for hydroxylation is 1. The molecule has 0 atom stereocenters. The maximum absolute atomic E-state index is 12.9. The smallest absolute Gasteiger partial charge is 0.321 e. The number of amides is 2. The number of rotatable bonds is 4. The van der Waals surface area contributed by atoms with Crippen molar-refractivity contribution in [2.75, 3.05) is 38.0 Å². The maximum atomic E-state index is 12.9. The predicted molar refractivity (Wildman–Crippen MR) is 134 cm³/mol. The third kappa shape index (κ3) is 5.11. The fourth-order valence-corrected chi connectivity index (χ4v) is 5.44. The fraction of sp³-hybridized carbons (Fsp3) is 0.444. The molecule has 2 N–H and O–H groups in total. The average Bonchev–Trinajstić information content (AvgIpc) is 3.33. The van der Waals surface area contributed by atoms with Crippen LogP contribution >= 0.6 is 11.6 Å². The lowest BCUT2D eigenvalue weighted by Crippen LogP contribution is -2.46. The lowest BCUT2D eigenvalue weighted by atomic mass is 9.84. The van der Waals surface area contributed by atoms with Crippen molar-refractivity contribution in [2.45, 2.75) is 44.1 Å². The van der Waals surface area contributed by atoms with Crippen molar-refractivity contribution in [2.24, 2.45) is 0 Å². The number of nitrogens with zero attached hydrogens (tertiary/aromatic N) is 2. The van der Waals surface area contributed by atoms with Gasteiger partial charge in [-0.25, -0.2) is 4.79 Å². The average molecular weight is 466 g/mol. The van der Waals surface area contributed by atoms with Gasteiger partial charge in [0.2, 0.25) is 0 Å². The summed E-state index contributed by atoms with van der Waals surface area (Å²) < 4.78 is 0. The van der Waals surface area contributed by atoms with E-state index >= 15 is 0 Å². The molecule has 0 spiro atoms. The number of nitrogens with one attached hydrogen (secondary N) is 1. The summed E-state index contributed by atoms with van der Waals surface area (Å²) in [7, 11) is 0. The molecular formula is C27H32ClN3O2. The largest absolute Gasteiger partial charge is 0.385 e. The number of halogens is 1. The molecule has 0 aromatic heterocycles. The number of anilines is 1. The predicted octanol–water partition coefficient (Wildman–Crippen LogP) is 5.28. The summed E-state index contributed by atoms with van der Waals surface area (Å²) in [4.78, 5) is 17.2. The Morgan fingerprint density at radius 3 is 2.45 bits per heavy atom. The van der Waals surface area contributed by atoms with Crippen molar-refractivity contribution in [3.05, 3.63) is 69.8 Å². The zero-order chi connectivity index (χ0) is 22.8. The van der Waals surface area contributed by atoms with E-state index in [1.165, 1.54) is 42.6 Å².